The average Bonchev–Trinajstić information content (AvgIpc) is 3.17. The van der Waals surface area contributed by atoms with Gasteiger partial charge in [-0.2, -0.15) is 0 Å². The van der Waals surface area contributed by atoms with E-state index in [2.05, 4.69) is 0 Å². The predicted octanol–water partition coefficient (Wildman–Crippen LogP) is -0.769. The van der Waals surface area contributed by atoms with Gasteiger partial charge >= 0.3 is 11.4 Å². The lowest BCUT2D eigenvalue weighted by Gasteiger charge is -2.35. The molecule has 0 radical (unpaired) electrons. The van der Waals surface area contributed by atoms with Crippen LogP contribution in [0.15, 0.2) is 39.9 Å². The second kappa shape index (κ2) is 5.89. The van der Waals surface area contributed by atoms with Crippen LogP contribution in [0.5, 0.6) is 11.5 Å². The molecule has 138 valence electrons. The number of nitrogens with zero attached hydrogens (tertiary/aromatic N) is 3. The highest BCUT2D eigenvalue weighted by atomic mass is 16.7. The molecule has 2 N–H and O–H groups in total. The first-order chi connectivity index (χ1) is 12.4. The van der Waals surface area contributed by atoms with Gasteiger partial charge in [-0.05, 0) is 17.7 Å². The van der Waals surface area contributed by atoms with Crippen molar-refractivity contribution in [3.8, 4) is 11.5 Å². The van der Waals surface area contributed by atoms with Gasteiger partial charge in [-0.25, -0.2) is 23.5 Å². The van der Waals surface area contributed by atoms with E-state index in [1.807, 2.05) is 0 Å². The molecule has 0 spiro atoms. The van der Waals surface area contributed by atoms with Gasteiger partial charge in [-0.3, -0.25) is 0 Å². The quantitative estimate of drug-likeness (QED) is 0.680. The highest BCUT2D eigenvalue weighted by molar-refractivity contribution is 5.46. The van der Waals surface area contributed by atoms with Gasteiger partial charge in [-0.15, -0.1) is 0 Å². The summed E-state index contributed by atoms with van der Waals surface area (Å²) < 4.78 is 14.2. The molecule has 2 heterocycles. The summed E-state index contributed by atoms with van der Waals surface area (Å²) in [5.41, 5.74) is -0.298. The summed E-state index contributed by atoms with van der Waals surface area (Å²) in [6.07, 6.45) is 0.821. The summed E-state index contributed by atoms with van der Waals surface area (Å²) in [5, 5.41) is 20.8. The SMILES string of the molecule is Cn1c(=O)n(C)n([C@H]2C=C[C@@H](O)C(O)C2c2ccc3c(c2)OCO3)c1=O. The molecule has 1 aliphatic carbocycles. The van der Waals surface area contributed by atoms with Crippen LogP contribution < -0.4 is 20.9 Å². The smallest absolute Gasteiger partial charge is 0.347 e. The van der Waals surface area contributed by atoms with E-state index in [9.17, 15) is 19.8 Å². The summed E-state index contributed by atoms with van der Waals surface area (Å²) >= 11 is 0. The van der Waals surface area contributed by atoms with Crippen molar-refractivity contribution < 1.29 is 19.7 Å². The molecule has 1 aromatic heterocycles. The molecule has 0 fully saturated rings. The first kappa shape index (κ1) is 16.7. The minimum atomic E-state index is -1.16. The minimum Gasteiger partial charge on any atom is -0.454 e. The zero-order valence-electron chi connectivity index (χ0n) is 14.3. The summed E-state index contributed by atoms with van der Waals surface area (Å²) in [5.74, 6) is 0.470. The topological polar surface area (TPSA) is 108 Å². The van der Waals surface area contributed by atoms with Crippen LogP contribution in [-0.2, 0) is 14.1 Å². The molecule has 0 amide bonds. The summed E-state index contributed by atoms with van der Waals surface area (Å²) in [7, 11) is 2.89. The van der Waals surface area contributed by atoms with Gasteiger partial charge in [0.15, 0.2) is 11.5 Å². The Balaban J connectivity index is 1.88. The first-order valence-electron chi connectivity index (χ1n) is 8.18. The van der Waals surface area contributed by atoms with E-state index in [4.69, 9.17) is 9.47 Å². The van der Waals surface area contributed by atoms with Gasteiger partial charge in [0.25, 0.3) is 0 Å². The Kier molecular flexibility index (Phi) is 3.78. The molecule has 2 unspecified atom stereocenters. The van der Waals surface area contributed by atoms with Gasteiger partial charge in [0.05, 0.1) is 18.2 Å². The Morgan fingerprint density at radius 2 is 1.77 bits per heavy atom. The Hall–Kier alpha value is -2.78. The van der Waals surface area contributed by atoms with Gasteiger partial charge in [0.1, 0.15) is 0 Å². The van der Waals surface area contributed by atoms with Crippen LogP contribution in [0.4, 0.5) is 0 Å². The number of aliphatic hydroxyl groups is 2. The number of rotatable bonds is 2. The molecule has 26 heavy (non-hydrogen) atoms. The second-order valence-electron chi connectivity index (χ2n) is 6.49. The maximum absolute atomic E-state index is 12.5. The fourth-order valence-electron chi connectivity index (χ4n) is 3.62. The van der Waals surface area contributed by atoms with Crippen molar-refractivity contribution in [2.75, 3.05) is 6.79 Å². The third kappa shape index (κ3) is 2.31. The zero-order valence-corrected chi connectivity index (χ0v) is 14.3. The van der Waals surface area contributed by atoms with Crippen molar-refractivity contribution in [3.05, 3.63) is 56.9 Å². The van der Waals surface area contributed by atoms with Gasteiger partial charge in [-0.1, -0.05) is 18.2 Å². The molecule has 2 aromatic rings. The van der Waals surface area contributed by atoms with E-state index in [1.54, 1.807) is 24.3 Å². The van der Waals surface area contributed by atoms with E-state index >= 15 is 0 Å². The third-order valence-electron chi connectivity index (χ3n) is 5.03. The number of ether oxygens (including phenoxy) is 2. The molecule has 0 bridgehead atoms. The van der Waals surface area contributed by atoms with Crippen LogP contribution in [0.3, 0.4) is 0 Å². The lowest BCUT2D eigenvalue weighted by Crippen LogP contribution is -2.42. The maximum atomic E-state index is 12.5. The van der Waals surface area contributed by atoms with Crippen LogP contribution in [0.25, 0.3) is 0 Å². The van der Waals surface area contributed by atoms with Crippen molar-refractivity contribution in [2.24, 2.45) is 14.1 Å². The normalized spacial score (nSPS) is 27.1. The van der Waals surface area contributed by atoms with Crippen LogP contribution >= 0.6 is 0 Å². The fraction of sp³-hybridized carbons (Fsp3) is 0.412. The summed E-state index contributed by atoms with van der Waals surface area (Å²) in [6.45, 7) is 0.116. The monoisotopic (exact) mass is 361 g/mol. The number of hydrogen-bond donors (Lipinski definition) is 2. The van der Waals surface area contributed by atoms with E-state index < -0.39 is 35.5 Å². The number of benzene rings is 1. The number of fused-ring (bicyclic) bond motifs is 1. The highest BCUT2D eigenvalue weighted by Gasteiger charge is 2.39. The largest absolute Gasteiger partial charge is 0.454 e. The third-order valence-corrected chi connectivity index (χ3v) is 5.03. The van der Waals surface area contributed by atoms with E-state index in [-0.39, 0.29) is 6.79 Å². The van der Waals surface area contributed by atoms with Crippen molar-refractivity contribution in [3.63, 3.8) is 0 Å². The molecule has 0 saturated heterocycles. The van der Waals surface area contributed by atoms with Crippen molar-refractivity contribution in [1.82, 2.24) is 13.9 Å². The zero-order chi connectivity index (χ0) is 18.6. The molecule has 9 nitrogen and oxygen atoms in total. The van der Waals surface area contributed by atoms with Gasteiger partial charge in [0, 0.05) is 20.0 Å². The Morgan fingerprint density at radius 3 is 2.46 bits per heavy atom. The molecule has 2 aliphatic rings. The summed E-state index contributed by atoms with van der Waals surface area (Å²) in [6, 6.07) is 4.55. The van der Waals surface area contributed by atoms with Gasteiger partial charge < -0.3 is 19.7 Å². The lowest BCUT2D eigenvalue weighted by atomic mass is 9.80. The van der Waals surface area contributed by atoms with Crippen molar-refractivity contribution >= 4 is 0 Å². The number of hydrogen-bond acceptors (Lipinski definition) is 6. The molecule has 1 aliphatic heterocycles. The maximum Gasteiger partial charge on any atom is 0.347 e. The molecule has 0 saturated carbocycles. The lowest BCUT2D eigenvalue weighted by molar-refractivity contribution is 0.0108. The Labute approximate surface area is 147 Å². The first-order valence-corrected chi connectivity index (χ1v) is 8.18. The predicted molar refractivity (Wildman–Crippen MR) is 90.4 cm³/mol. The number of aromatic nitrogens is 3. The van der Waals surface area contributed by atoms with Crippen molar-refractivity contribution in [1.29, 1.82) is 0 Å². The van der Waals surface area contributed by atoms with E-state index in [0.29, 0.717) is 17.1 Å². The standard InChI is InChI=1S/C17H19N3O6/c1-18-16(23)19(2)20(17(18)24)10-4-5-11(21)15(22)14(10)9-3-6-12-13(7-9)26-8-25-12/h3-7,10-11,14-15,21-22H,8H2,1-2H3/t10-,11+,14?,15?/m0/s1. The second-order valence-corrected chi connectivity index (χ2v) is 6.49. The Bertz CT molecular complexity index is 1000. The fourth-order valence-corrected chi connectivity index (χ4v) is 3.62. The molecule has 9 heteroatoms. The molecular weight excluding hydrogens is 342 g/mol. The number of allylic oxidation sites excluding steroid dienone is 1. The van der Waals surface area contributed by atoms with E-state index in [0.717, 1.165) is 4.57 Å². The van der Waals surface area contributed by atoms with Crippen LogP contribution in [0, 0.1) is 0 Å². The number of aliphatic hydroxyl groups excluding tert-OH is 2. The van der Waals surface area contributed by atoms with Gasteiger partial charge in [0.2, 0.25) is 6.79 Å². The molecule has 4 atom stereocenters. The molecule has 1 aromatic carbocycles. The van der Waals surface area contributed by atoms with Crippen molar-refractivity contribution in [2.45, 2.75) is 24.2 Å². The van der Waals surface area contributed by atoms with Crippen LogP contribution in [0.1, 0.15) is 17.5 Å². The minimum absolute atomic E-state index is 0.116. The average molecular weight is 361 g/mol. The molecular formula is C17H19N3O6. The summed E-state index contributed by atoms with van der Waals surface area (Å²) in [4.78, 5) is 24.7. The van der Waals surface area contributed by atoms with Crippen LogP contribution in [0.2, 0.25) is 0 Å². The van der Waals surface area contributed by atoms with Crippen LogP contribution in [-0.4, -0.2) is 43.1 Å². The molecule has 4 rings (SSSR count). The van der Waals surface area contributed by atoms with E-state index in [1.165, 1.54) is 29.5 Å². The Morgan fingerprint density at radius 1 is 1.04 bits per heavy atom. The highest BCUT2D eigenvalue weighted by Crippen LogP contribution is 2.41.